The van der Waals surface area contributed by atoms with Crippen molar-refractivity contribution in [3.63, 3.8) is 0 Å². The number of sulfonamides is 1. The van der Waals surface area contributed by atoms with E-state index in [1.807, 2.05) is 0 Å². The first-order chi connectivity index (χ1) is 6.11. The van der Waals surface area contributed by atoms with Crippen LogP contribution in [0.15, 0.2) is 15.7 Å². The van der Waals surface area contributed by atoms with Crippen LogP contribution in [-0.4, -0.2) is 15.0 Å². The zero-order valence-corrected chi connectivity index (χ0v) is 8.91. The van der Waals surface area contributed by atoms with Gasteiger partial charge in [-0.1, -0.05) is 6.92 Å². The van der Waals surface area contributed by atoms with Gasteiger partial charge < -0.3 is 5.73 Å². The van der Waals surface area contributed by atoms with Crippen LogP contribution in [0.25, 0.3) is 0 Å². The lowest BCUT2D eigenvalue weighted by Gasteiger charge is -2.03. The van der Waals surface area contributed by atoms with Crippen LogP contribution in [0, 0.1) is 0 Å². The van der Waals surface area contributed by atoms with Gasteiger partial charge in [0.2, 0.25) is 10.0 Å². The Morgan fingerprint density at radius 2 is 2.31 bits per heavy atom. The van der Waals surface area contributed by atoms with Crippen molar-refractivity contribution in [2.45, 2.75) is 17.7 Å². The van der Waals surface area contributed by atoms with Gasteiger partial charge in [0.25, 0.3) is 0 Å². The molecule has 0 aliphatic carbocycles. The molecule has 0 saturated heterocycles. The van der Waals surface area contributed by atoms with E-state index < -0.39 is 10.0 Å². The second-order valence-corrected chi connectivity index (χ2v) is 5.32. The Kier molecular flexibility index (Phi) is 3.43. The molecule has 0 aliphatic rings. The van der Waals surface area contributed by atoms with E-state index in [4.69, 9.17) is 5.73 Å². The summed E-state index contributed by atoms with van der Waals surface area (Å²) in [5.41, 5.74) is 6.07. The highest BCUT2D eigenvalue weighted by molar-refractivity contribution is 7.91. The van der Waals surface area contributed by atoms with Gasteiger partial charge in [0.05, 0.1) is 0 Å². The normalized spacial score (nSPS) is 11.8. The Morgan fingerprint density at radius 1 is 1.62 bits per heavy atom. The highest BCUT2D eigenvalue weighted by atomic mass is 32.2. The van der Waals surface area contributed by atoms with Gasteiger partial charge in [-0.2, -0.15) is 0 Å². The Labute approximate surface area is 81.8 Å². The maximum absolute atomic E-state index is 11.5. The molecule has 1 heterocycles. The standard InChI is InChI=1S/C7H12N2O2S2/c1-2-9-13(10,11)7-6(5-8)3-4-12-7/h3-4,9H,2,5,8H2,1H3. The van der Waals surface area contributed by atoms with Crippen LogP contribution in [0.3, 0.4) is 0 Å². The number of thiophene rings is 1. The average Bonchev–Trinajstić information content (AvgIpc) is 2.51. The number of nitrogens with one attached hydrogen (secondary N) is 1. The van der Waals surface area contributed by atoms with Crippen molar-refractivity contribution in [3.8, 4) is 0 Å². The largest absolute Gasteiger partial charge is 0.326 e. The molecule has 3 N–H and O–H groups in total. The Morgan fingerprint density at radius 3 is 2.85 bits per heavy atom. The molecular weight excluding hydrogens is 208 g/mol. The van der Waals surface area contributed by atoms with Gasteiger partial charge in [-0.15, -0.1) is 11.3 Å². The van der Waals surface area contributed by atoms with Gasteiger partial charge in [-0.3, -0.25) is 0 Å². The quantitative estimate of drug-likeness (QED) is 0.776. The van der Waals surface area contributed by atoms with Crippen LogP contribution in [0.4, 0.5) is 0 Å². The number of hydrogen-bond donors (Lipinski definition) is 2. The first-order valence-corrected chi connectivity index (χ1v) is 6.24. The topological polar surface area (TPSA) is 72.2 Å². The van der Waals surface area contributed by atoms with E-state index >= 15 is 0 Å². The zero-order valence-electron chi connectivity index (χ0n) is 7.28. The maximum atomic E-state index is 11.5. The minimum atomic E-state index is -3.32. The van der Waals surface area contributed by atoms with Gasteiger partial charge in [-0.05, 0) is 17.0 Å². The minimum absolute atomic E-state index is 0.253. The molecule has 0 amide bonds. The fourth-order valence-electron chi connectivity index (χ4n) is 0.965. The lowest BCUT2D eigenvalue weighted by Crippen LogP contribution is -2.23. The first-order valence-electron chi connectivity index (χ1n) is 3.88. The van der Waals surface area contributed by atoms with Crippen molar-refractivity contribution in [2.24, 2.45) is 5.73 Å². The number of hydrogen-bond acceptors (Lipinski definition) is 4. The minimum Gasteiger partial charge on any atom is -0.326 e. The fraction of sp³-hybridized carbons (Fsp3) is 0.429. The first kappa shape index (κ1) is 10.6. The zero-order chi connectivity index (χ0) is 9.90. The fourth-order valence-corrected chi connectivity index (χ4v) is 3.48. The van der Waals surface area contributed by atoms with Gasteiger partial charge in [0.15, 0.2) is 0 Å². The molecule has 0 aliphatic heterocycles. The van der Waals surface area contributed by atoms with E-state index in [1.165, 1.54) is 11.3 Å². The molecule has 6 heteroatoms. The van der Waals surface area contributed by atoms with Crippen LogP contribution >= 0.6 is 11.3 Å². The molecule has 74 valence electrons. The van der Waals surface area contributed by atoms with E-state index in [0.717, 1.165) is 0 Å². The van der Waals surface area contributed by atoms with Crippen molar-refractivity contribution >= 4 is 21.4 Å². The lowest BCUT2D eigenvalue weighted by atomic mass is 10.3. The molecule has 0 spiro atoms. The van der Waals surface area contributed by atoms with E-state index in [2.05, 4.69) is 4.72 Å². The second kappa shape index (κ2) is 4.19. The Hall–Kier alpha value is -0.430. The van der Waals surface area contributed by atoms with Crippen molar-refractivity contribution < 1.29 is 8.42 Å². The van der Waals surface area contributed by atoms with Crippen LogP contribution in [0.5, 0.6) is 0 Å². The molecule has 0 saturated carbocycles. The predicted molar refractivity (Wildman–Crippen MR) is 53.1 cm³/mol. The molecule has 0 atom stereocenters. The highest BCUT2D eigenvalue weighted by Gasteiger charge is 2.17. The maximum Gasteiger partial charge on any atom is 0.250 e. The van der Waals surface area contributed by atoms with Crippen LogP contribution < -0.4 is 10.5 Å². The van der Waals surface area contributed by atoms with E-state index in [0.29, 0.717) is 16.3 Å². The van der Waals surface area contributed by atoms with Crippen molar-refractivity contribution in [2.75, 3.05) is 6.54 Å². The van der Waals surface area contributed by atoms with E-state index in [-0.39, 0.29) is 6.54 Å². The molecular formula is C7H12N2O2S2. The third kappa shape index (κ3) is 2.28. The second-order valence-electron chi connectivity index (χ2n) is 2.44. The monoisotopic (exact) mass is 220 g/mol. The Balaban J connectivity index is 3.07. The molecule has 0 unspecified atom stereocenters. The number of nitrogens with two attached hydrogens (primary N) is 1. The average molecular weight is 220 g/mol. The molecule has 4 nitrogen and oxygen atoms in total. The molecule has 0 bridgehead atoms. The molecule has 13 heavy (non-hydrogen) atoms. The lowest BCUT2D eigenvalue weighted by molar-refractivity contribution is 0.585. The predicted octanol–water partition coefficient (Wildman–Crippen LogP) is 0.505. The summed E-state index contributed by atoms with van der Waals surface area (Å²) < 4.78 is 25.8. The molecule has 0 radical (unpaired) electrons. The van der Waals surface area contributed by atoms with E-state index in [9.17, 15) is 8.42 Å². The molecule has 1 aromatic heterocycles. The SMILES string of the molecule is CCNS(=O)(=O)c1sccc1CN. The summed E-state index contributed by atoms with van der Waals surface area (Å²) in [6, 6.07) is 1.73. The van der Waals surface area contributed by atoms with Crippen molar-refractivity contribution in [1.82, 2.24) is 4.72 Å². The van der Waals surface area contributed by atoms with Crippen molar-refractivity contribution in [3.05, 3.63) is 17.0 Å². The Bertz CT molecular complexity index is 370. The smallest absolute Gasteiger partial charge is 0.250 e. The summed E-state index contributed by atoms with van der Waals surface area (Å²) in [6.45, 7) is 2.39. The third-order valence-corrected chi connectivity index (χ3v) is 4.62. The third-order valence-electron chi connectivity index (χ3n) is 1.50. The highest BCUT2D eigenvalue weighted by Crippen LogP contribution is 2.21. The van der Waals surface area contributed by atoms with Crippen molar-refractivity contribution in [1.29, 1.82) is 0 Å². The van der Waals surface area contributed by atoms with Gasteiger partial charge >= 0.3 is 0 Å². The van der Waals surface area contributed by atoms with Gasteiger partial charge in [-0.25, -0.2) is 13.1 Å². The van der Waals surface area contributed by atoms with Gasteiger partial charge in [0.1, 0.15) is 4.21 Å². The summed E-state index contributed by atoms with van der Waals surface area (Å²) in [7, 11) is -3.32. The summed E-state index contributed by atoms with van der Waals surface area (Å²) in [6.07, 6.45) is 0. The summed E-state index contributed by atoms with van der Waals surface area (Å²) >= 11 is 1.19. The van der Waals surface area contributed by atoms with Gasteiger partial charge in [0, 0.05) is 13.1 Å². The van der Waals surface area contributed by atoms with Crippen LogP contribution in [0.1, 0.15) is 12.5 Å². The number of rotatable bonds is 4. The molecule has 1 aromatic rings. The summed E-state index contributed by atoms with van der Waals surface area (Å²) in [5, 5.41) is 1.73. The molecule has 0 fully saturated rings. The molecule has 1 rings (SSSR count). The van der Waals surface area contributed by atoms with Crippen LogP contribution in [0.2, 0.25) is 0 Å². The summed E-state index contributed by atoms with van der Waals surface area (Å²) in [4.78, 5) is 0. The summed E-state index contributed by atoms with van der Waals surface area (Å²) in [5.74, 6) is 0. The molecule has 0 aromatic carbocycles. The van der Waals surface area contributed by atoms with Crippen LogP contribution in [-0.2, 0) is 16.6 Å². The van der Waals surface area contributed by atoms with E-state index in [1.54, 1.807) is 18.4 Å².